The number of alkyl halides is 2. The van der Waals surface area contributed by atoms with Gasteiger partial charge in [0.15, 0.2) is 0 Å². The molecular weight excluding hydrogens is 361 g/mol. The smallest absolute Gasteiger partial charge is 0.322 e. The van der Waals surface area contributed by atoms with Crippen LogP contribution in [0, 0.1) is 0 Å². The number of rotatable bonds is 12. The lowest BCUT2D eigenvalue weighted by molar-refractivity contribution is 0.248. The van der Waals surface area contributed by atoms with E-state index in [1.807, 2.05) is 0 Å². The van der Waals surface area contributed by atoms with Crippen molar-refractivity contribution in [1.82, 2.24) is 0 Å². The monoisotopic (exact) mass is 384 g/mol. The SMILES string of the molecule is CCCCCCCCCCOP(=O)(O)C(Cl)(Cl)P(=O)(O)O. The molecule has 0 amide bonds. The van der Waals surface area contributed by atoms with E-state index < -0.39 is 19.0 Å². The maximum absolute atomic E-state index is 11.7. The summed E-state index contributed by atoms with van der Waals surface area (Å²) in [7, 11) is -9.99. The first-order valence-electron chi connectivity index (χ1n) is 6.97. The van der Waals surface area contributed by atoms with E-state index in [9.17, 15) is 14.0 Å². The molecule has 0 heterocycles. The molecule has 0 aliphatic heterocycles. The van der Waals surface area contributed by atoms with Gasteiger partial charge in [0.05, 0.1) is 6.61 Å². The Hall–Kier alpha value is 0.880. The van der Waals surface area contributed by atoms with Gasteiger partial charge in [-0.2, -0.15) is 0 Å². The third-order valence-corrected chi connectivity index (χ3v) is 9.01. The molecule has 0 aromatic heterocycles. The lowest BCUT2D eigenvalue weighted by Gasteiger charge is -2.25. The predicted molar refractivity (Wildman–Crippen MR) is 84.9 cm³/mol. The van der Waals surface area contributed by atoms with Gasteiger partial charge in [-0.05, 0) is 6.42 Å². The summed E-state index contributed by atoms with van der Waals surface area (Å²) in [6, 6.07) is 0. The molecule has 3 N–H and O–H groups in total. The summed E-state index contributed by atoms with van der Waals surface area (Å²) in [6.07, 6.45) is 8.18. The molecule has 0 aliphatic rings. The van der Waals surface area contributed by atoms with Crippen LogP contribution in [-0.2, 0) is 13.7 Å². The Kier molecular flexibility index (Phi) is 10.3. The zero-order valence-corrected chi connectivity index (χ0v) is 15.4. The predicted octanol–water partition coefficient (Wildman–Crippen LogP) is 4.60. The lowest BCUT2D eigenvalue weighted by atomic mass is 10.1. The number of unbranched alkanes of at least 4 members (excludes halogenated alkanes) is 7. The van der Waals surface area contributed by atoms with Gasteiger partial charge in [0.1, 0.15) is 0 Å². The minimum absolute atomic E-state index is 0.121. The van der Waals surface area contributed by atoms with Crippen LogP contribution in [0.15, 0.2) is 0 Å². The molecule has 0 aromatic rings. The second-order valence-corrected chi connectivity index (χ2v) is 11.3. The van der Waals surface area contributed by atoms with Crippen molar-refractivity contribution in [2.75, 3.05) is 6.61 Å². The van der Waals surface area contributed by atoms with Crippen molar-refractivity contribution in [2.24, 2.45) is 0 Å². The Morgan fingerprint density at radius 1 is 0.905 bits per heavy atom. The summed E-state index contributed by atoms with van der Waals surface area (Å²) in [5.41, 5.74) is 0. The molecule has 1 unspecified atom stereocenters. The molecule has 0 fully saturated rings. The van der Waals surface area contributed by atoms with E-state index in [1.165, 1.54) is 19.3 Å². The summed E-state index contributed by atoms with van der Waals surface area (Å²) in [4.78, 5) is 27.2. The van der Waals surface area contributed by atoms with Gasteiger partial charge in [-0.3, -0.25) is 9.13 Å². The quantitative estimate of drug-likeness (QED) is 0.258. The van der Waals surface area contributed by atoms with E-state index in [2.05, 4.69) is 11.4 Å². The van der Waals surface area contributed by atoms with Crippen LogP contribution in [0.2, 0.25) is 0 Å². The molecule has 0 rings (SSSR count). The number of hydrogen-bond acceptors (Lipinski definition) is 3. The zero-order valence-electron chi connectivity index (χ0n) is 12.1. The van der Waals surface area contributed by atoms with Crippen molar-refractivity contribution in [1.29, 1.82) is 0 Å². The van der Waals surface area contributed by atoms with E-state index in [0.717, 1.165) is 25.7 Å². The molecule has 0 saturated carbocycles. The van der Waals surface area contributed by atoms with Crippen LogP contribution < -0.4 is 0 Å². The van der Waals surface area contributed by atoms with Crippen molar-refractivity contribution in [3.05, 3.63) is 0 Å². The van der Waals surface area contributed by atoms with E-state index in [0.29, 0.717) is 6.42 Å². The van der Waals surface area contributed by atoms with Gasteiger partial charge in [-0.15, -0.1) is 0 Å². The van der Waals surface area contributed by atoms with Gasteiger partial charge in [-0.25, -0.2) is 0 Å². The van der Waals surface area contributed by atoms with Gasteiger partial charge in [0.25, 0.3) is 0 Å². The summed E-state index contributed by atoms with van der Waals surface area (Å²) in [6.45, 7) is 2.03. The van der Waals surface area contributed by atoms with Crippen LogP contribution in [0.3, 0.4) is 0 Å². The van der Waals surface area contributed by atoms with Crippen LogP contribution in [0.5, 0.6) is 0 Å². The van der Waals surface area contributed by atoms with Crippen molar-refractivity contribution in [2.45, 2.75) is 62.1 Å². The maximum atomic E-state index is 11.7. The van der Waals surface area contributed by atoms with E-state index in [1.54, 1.807) is 0 Å². The molecule has 0 bridgehead atoms. The number of hydrogen-bond donors (Lipinski definition) is 3. The summed E-state index contributed by atoms with van der Waals surface area (Å²) in [5, 5.41) is 0. The van der Waals surface area contributed by atoms with Crippen LogP contribution >= 0.6 is 38.4 Å². The van der Waals surface area contributed by atoms with E-state index in [4.69, 9.17) is 33.0 Å². The van der Waals surface area contributed by atoms with Crippen molar-refractivity contribution in [3.8, 4) is 0 Å². The average molecular weight is 385 g/mol. The Morgan fingerprint density at radius 2 is 1.33 bits per heavy atom. The fraction of sp³-hybridized carbons (Fsp3) is 1.00. The van der Waals surface area contributed by atoms with Gasteiger partial charge < -0.3 is 19.2 Å². The standard InChI is InChI=1S/C11H24Cl2O6P2/c1-2-3-4-5-6-7-8-9-10-19-21(17,18)11(12,13)20(14,15)16/h2-10H2,1H3,(H,17,18)(H2,14,15,16). The summed E-state index contributed by atoms with van der Waals surface area (Å²) >= 11 is 10.6. The Bertz CT molecular complexity index is 385. The van der Waals surface area contributed by atoms with Crippen LogP contribution in [0.25, 0.3) is 0 Å². The second kappa shape index (κ2) is 9.89. The van der Waals surface area contributed by atoms with Crippen molar-refractivity contribution >= 4 is 38.4 Å². The van der Waals surface area contributed by atoms with E-state index >= 15 is 0 Å². The molecule has 10 heteroatoms. The van der Waals surface area contributed by atoms with Gasteiger partial charge in [0, 0.05) is 0 Å². The Morgan fingerprint density at radius 3 is 1.76 bits per heavy atom. The Labute approximate surface area is 135 Å². The number of halogens is 2. The van der Waals surface area contributed by atoms with E-state index in [-0.39, 0.29) is 6.61 Å². The molecule has 21 heavy (non-hydrogen) atoms. The first-order chi connectivity index (χ1) is 9.56. The molecule has 6 nitrogen and oxygen atoms in total. The highest BCUT2D eigenvalue weighted by Crippen LogP contribution is 2.75. The zero-order chi connectivity index (χ0) is 16.6. The fourth-order valence-electron chi connectivity index (χ4n) is 1.67. The Balaban J connectivity index is 3.92. The second-order valence-electron chi connectivity index (χ2n) is 4.88. The van der Waals surface area contributed by atoms with Gasteiger partial charge >= 0.3 is 19.0 Å². The topological polar surface area (TPSA) is 104 Å². The molecule has 1 atom stereocenters. The van der Waals surface area contributed by atoms with Gasteiger partial charge in [0.2, 0.25) is 0 Å². The van der Waals surface area contributed by atoms with Crippen LogP contribution in [0.1, 0.15) is 58.3 Å². The minimum Gasteiger partial charge on any atom is -0.322 e. The summed E-state index contributed by atoms with van der Waals surface area (Å²) in [5.74, 6) is 0. The first-order valence-corrected chi connectivity index (χ1v) is 10.9. The van der Waals surface area contributed by atoms with Crippen LogP contribution in [0.4, 0.5) is 0 Å². The van der Waals surface area contributed by atoms with Gasteiger partial charge in [-0.1, -0.05) is 75.1 Å². The fourth-order valence-corrected chi connectivity index (χ4v) is 3.98. The molecule has 0 saturated heterocycles. The average Bonchev–Trinajstić information content (AvgIpc) is 2.35. The molecule has 0 spiro atoms. The van der Waals surface area contributed by atoms with Crippen molar-refractivity contribution in [3.63, 3.8) is 0 Å². The maximum Gasteiger partial charge on any atom is 0.376 e. The summed E-state index contributed by atoms with van der Waals surface area (Å²) < 4.78 is 24.1. The molecule has 0 radical (unpaired) electrons. The lowest BCUT2D eigenvalue weighted by Crippen LogP contribution is -2.16. The highest BCUT2D eigenvalue weighted by atomic mass is 35.5. The normalized spacial score (nSPS) is 15.9. The molecule has 128 valence electrons. The molecule has 0 aliphatic carbocycles. The third-order valence-electron chi connectivity index (χ3n) is 2.95. The highest BCUT2D eigenvalue weighted by Gasteiger charge is 2.59. The minimum atomic E-state index is -5.17. The van der Waals surface area contributed by atoms with Crippen molar-refractivity contribution < 1.29 is 28.3 Å². The first kappa shape index (κ1) is 21.9. The molecular formula is C11H24Cl2O6P2. The molecule has 0 aromatic carbocycles. The highest BCUT2D eigenvalue weighted by molar-refractivity contribution is 7.78. The largest absolute Gasteiger partial charge is 0.376 e. The third kappa shape index (κ3) is 7.81. The van der Waals surface area contributed by atoms with Crippen LogP contribution in [-0.4, -0.2) is 25.1 Å².